The highest BCUT2D eigenvalue weighted by Crippen LogP contribution is 2.25. The van der Waals surface area contributed by atoms with Gasteiger partial charge in [0.25, 0.3) is 0 Å². The molecule has 30 heavy (non-hydrogen) atoms. The summed E-state index contributed by atoms with van der Waals surface area (Å²) in [4.78, 5) is 16.4. The molecule has 0 unspecified atom stereocenters. The molecule has 0 saturated carbocycles. The van der Waals surface area contributed by atoms with Crippen molar-refractivity contribution in [3.63, 3.8) is 0 Å². The molecule has 1 aromatic heterocycles. The molecule has 0 fully saturated rings. The van der Waals surface area contributed by atoms with E-state index in [1.54, 1.807) is 39.0 Å². The third-order valence-corrected chi connectivity index (χ3v) is 6.43. The zero-order valence-corrected chi connectivity index (χ0v) is 17.7. The lowest BCUT2D eigenvalue weighted by molar-refractivity contribution is -0.116. The van der Waals surface area contributed by atoms with Crippen molar-refractivity contribution in [3.8, 4) is 11.4 Å². The van der Waals surface area contributed by atoms with Crippen LogP contribution in [0.5, 0.6) is 0 Å². The lowest BCUT2D eigenvalue weighted by atomic mass is 10.1. The van der Waals surface area contributed by atoms with Gasteiger partial charge in [-0.3, -0.25) is 4.79 Å². The predicted octanol–water partition coefficient (Wildman–Crippen LogP) is 3.06. The highest BCUT2D eigenvalue weighted by molar-refractivity contribution is 7.89. The van der Waals surface area contributed by atoms with Crippen molar-refractivity contribution in [2.75, 3.05) is 18.9 Å². The fourth-order valence-electron chi connectivity index (χ4n) is 2.76. The molecular weight excluding hydrogens is 411 g/mol. The van der Waals surface area contributed by atoms with E-state index in [9.17, 15) is 17.6 Å². The Balaban J connectivity index is 1.80. The number of nitrogens with zero attached hydrogens (tertiary/aromatic N) is 3. The Hall–Kier alpha value is -3.11. The first-order valence-electron chi connectivity index (χ1n) is 9.01. The van der Waals surface area contributed by atoms with Crippen LogP contribution in [-0.4, -0.2) is 42.4 Å². The molecule has 10 heteroatoms. The minimum atomic E-state index is -3.98. The monoisotopic (exact) mass is 432 g/mol. The molecule has 1 heterocycles. The first kappa shape index (κ1) is 21.6. The van der Waals surface area contributed by atoms with E-state index in [0.717, 1.165) is 4.31 Å². The molecule has 0 atom stereocenters. The summed E-state index contributed by atoms with van der Waals surface area (Å²) in [6.45, 7) is 4.45. The van der Waals surface area contributed by atoms with Gasteiger partial charge in [0.2, 0.25) is 27.6 Å². The van der Waals surface area contributed by atoms with Crippen molar-refractivity contribution in [1.29, 1.82) is 0 Å². The molecule has 0 aliphatic rings. The molecule has 0 spiro atoms. The van der Waals surface area contributed by atoms with Gasteiger partial charge in [0.15, 0.2) is 0 Å². The van der Waals surface area contributed by atoms with Crippen molar-refractivity contribution in [2.24, 2.45) is 0 Å². The van der Waals surface area contributed by atoms with E-state index in [1.807, 2.05) is 0 Å². The van der Waals surface area contributed by atoms with Gasteiger partial charge in [0.1, 0.15) is 5.82 Å². The van der Waals surface area contributed by atoms with Crippen LogP contribution >= 0.6 is 0 Å². The van der Waals surface area contributed by atoms with Gasteiger partial charge in [-0.25, -0.2) is 12.8 Å². The van der Waals surface area contributed by atoms with Crippen molar-refractivity contribution in [3.05, 3.63) is 59.2 Å². The normalized spacial score (nSPS) is 11.7. The molecule has 158 valence electrons. The van der Waals surface area contributed by atoms with E-state index in [4.69, 9.17) is 4.52 Å². The van der Waals surface area contributed by atoms with E-state index in [0.29, 0.717) is 22.6 Å². The maximum absolute atomic E-state index is 13.7. The zero-order chi connectivity index (χ0) is 22.1. The number of carbonyl (C=O) groups is 1. The zero-order valence-electron chi connectivity index (χ0n) is 16.9. The number of hydrogen-bond donors (Lipinski definition) is 1. The molecule has 0 saturated heterocycles. The highest BCUT2D eigenvalue weighted by atomic mass is 32.2. The number of aromatic nitrogens is 2. The number of amides is 1. The molecule has 2 aromatic carbocycles. The topological polar surface area (TPSA) is 105 Å². The molecule has 8 nitrogen and oxygen atoms in total. The van der Waals surface area contributed by atoms with Gasteiger partial charge < -0.3 is 9.84 Å². The Bertz CT molecular complexity index is 1210. The first-order chi connectivity index (χ1) is 14.1. The minimum absolute atomic E-state index is 0.0270. The van der Waals surface area contributed by atoms with E-state index >= 15 is 0 Å². The first-order valence-corrected chi connectivity index (χ1v) is 10.5. The van der Waals surface area contributed by atoms with Gasteiger partial charge in [0, 0.05) is 25.2 Å². The Morgan fingerprint density at radius 1 is 1.13 bits per heavy atom. The summed E-state index contributed by atoms with van der Waals surface area (Å²) in [6.07, 6.45) is 0. The van der Waals surface area contributed by atoms with Crippen LogP contribution in [0, 0.1) is 26.6 Å². The lowest BCUT2D eigenvalue weighted by Crippen LogP contribution is -2.35. The summed E-state index contributed by atoms with van der Waals surface area (Å²) in [6, 6.07) is 9.03. The molecule has 1 amide bonds. The standard InChI is InChI=1S/C20H21FN4O4S/c1-12-6-8-16(10-17(12)21)23-19(26)11-25(4)30(27,28)18-9-15(7-5-13(18)2)20-22-14(3)29-24-20/h5-10H,11H2,1-4H3,(H,23,26). The van der Waals surface area contributed by atoms with Crippen molar-refractivity contribution >= 4 is 21.6 Å². The second-order valence-corrected chi connectivity index (χ2v) is 8.90. The number of nitrogens with one attached hydrogen (secondary N) is 1. The molecular formula is C20H21FN4O4S. The highest BCUT2D eigenvalue weighted by Gasteiger charge is 2.26. The SMILES string of the molecule is Cc1nc(-c2ccc(C)c(S(=O)(=O)N(C)CC(=O)Nc3ccc(C)c(F)c3)c2)no1. The molecule has 0 aliphatic heterocycles. The Labute approximate surface area is 173 Å². The largest absolute Gasteiger partial charge is 0.339 e. The maximum atomic E-state index is 13.7. The maximum Gasteiger partial charge on any atom is 0.243 e. The van der Waals surface area contributed by atoms with Crippen LogP contribution in [0.2, 0.25) is 0 Å². The fourth-order valence-corrected chi connectivity index (χ4v) is 4.13. The van der Waals surface area contributed by atoms with Crippen LogP contribution in [0.4, 0.5) is 10.1 Å². The van der Waals surface area contributed by atoms with E-state index in [-0.39, 0.29) is 16.4 Å². The van der Waals surface area contributed by atoms with Crippen LogP contribution in [0.15, 0.2) is 45.8 Å². The van der Waals surface area contributed by atoms with Gasteiger partial charge in [-0.1, -0.05) is 23.4 Å². The third kappa shape index (κ3) is 4.55. The molecule has 3 aromatic rings. The number of aryl methyl sites for hydroxylation is 3. The number of sulfonamides is 1. The van der Waals surface area contributed by atoms with Crippen LogP contribution in [0.25, 0.3) is 11.4 Å². The number of rotatable bonds is 6. The number of hydrogen-bond acceptors (Lipinski definition) is 6. The van der Waals surface area contributed by atoms with Crippen molar-refractivity contribution < 1.29 is 22.1 Å². The van der Waals surface area contributed by atoms with Gasteiger partial charge >= 0.3 is 0 Å². The second-order valence-electron chi connectivity index (χ2n) is 6.89. The summed E-state index contributed by atoms with van der Waals surface area (Å²) in [5.41, 5.74) is 1.68. The van der Waals surface area contributed by atoms with Crippen LogP contribution in [-0.2, 0) is 14.8 Å². The summed E-state index contributed by atoms with van der Waals surface area (Å²) in [5.74, 6) is -0.424. The van der Waals surface area contributed by atoms with Gasteiger partial charge in [-0.2, -0.15) is 9.29 Å². The lowest BCUT2D eigenvalue weighted by Gasteiger charge is -2.18. The average molecular weight is 432 g/mol. The van der Waals surface area contributed by atoms with Gasteiger partial charge in [-0.15, -0.1) is 0 Å². The third-order valence-electron chi connectivity index (χ3n) is 4.48. The van der Waals surface area contributed by atoms with Crippen LogP contribution in [0.1, 0.15) is 17.0 Å². The Morgan fingerprint density at radius 2 is 1.83 bits per heavy atom. The summed E-state index contributed by atoms with van der Waals surface area (Å²) in [7, 11) is -2.68. The number of carbonyl (C=O) groups excluding carboxylic acids is 1. The Morgan fingerprint density at radius 3 is 2.47 bits per heavy atom. The van der Waals surface area contributed by atoms with E-state index < -0.39 is 28.3 Å². The molecule has 0 bridgehead atoms. The van der Waals surface area contributed by atoms with E-state index in [1.165, 1.54) is 25.2 Å². The van der Waals surface area contributed by atoms with Crippen molar-refractivity contribution in [2.45, 2.75) is 25.7 Å². The number of halogens is 1. The molecule has 0 aliphatic carbocycles. The van der Waals surface area contributed by atoms with Crippen LogP contribution in [0.3, 0.4) is 0 Å². The summed E-state index contributed by atoms with van der Waals surface area (Å²) in [5, 5.41) is 6.30. The molecule has 1 N–H and O–H groups in total. The minimum Gasteiger partial charge on any atom is -0.339 e. The van der Waals surface area contributed by atoms with E-state index in [2.05, 4.69) is 15.5 Å². The van der Waals surface area contributed by atoms with Gasteiger partial charge in [0.05, 0.1) is 11.4 Å². The smallest absolute Gasteiger partial charge is 0.243 e. The van der Waals surface area contributed by atoms with Crippen molar-refractivity contribution in [1.82, 2.24) is 14.4 Å². The number of anilines is 1. The molecule has 0 radical (unpaired) electrons. The summed E-state index contributed by atoms with van der Waals surface area (Å²) >= 11 is 0. The number of benzene rings is 2. The second kappa shape index (κ2) is 8.33. The average Bonchev–Trinajstić information content (AvgIpc) is 3.11. The summed E-state index contributed by atoms with van der Waals surface area (Å²) < 4.78 is 45.6. The number of likely N-dealkylation sites (N-methyl/N-ethyl adjacent to an activating group) is 1. The Kier molecular flexibility index (Phi) is 5.99. The van der Waals surface area contributed by atoms with Gasteiger partial charge in [-0.05, 0) is 43.2 Å². The van der Waals surface area contributed by atoms with Crippen LogP contribution < -0.4 is 5.32 Å². The predicted molar refractivity (Wildman–Crippen MR) is 109 cm³/mol. The fraction of sp³-hybridized carbons (Fsp3) is 0.250. The molecule has 3 rings (SSSR count). The quantitative estimate of drug-likeness (QED) is 0.642.